The fourth-order valence-electron chi connectivity index (χ4n) is 2.83. The molecule has 1 fully saturated rings. The molecule has 0 radical (unpaired) electrons. The molecule has 25 heavy (non-hydrogen) atoms. The van der Waals surface area contributed by atoms with Gasteiger partial charge in [0.25, 0.3) is 5.91 Å². The van der Waals surface area contributed by atoms with Crippen LogP contribution in [0.25, 0.3) is 0 Å². The highest BCUT2D eigenvalue weighted by atomic mass is 35.5. The summed E-state index contributed by atoms with van der Waals surface area (Å²) in [7, 11) is 0. The Bertz CT molecular complexity index is 778. The number of aliphatic imine (C=N–C) groups is 1. The van der Waals surface area contributed by atoms with Gasteiger partial charge in [0.2, 0.25) is 5.96 Å². The summed E-state index contributed by atoms with van der Waals surface area (Å²) < 4.78 is 13.5. The highest BCUT2D eigenvalue weighted by Gasteiger charge is 2.23. The van der Waals surface area contributed by atoms with Crippen LogP contribution in [0.5, 0.6) is 0 Å². The SMILES string of the molecule is Cc1cc(N/C(=N\C(=O)C2CCCC2)Nc2cc(F)cc(Cl)c2)n[nH]1. The molecule has 0 spiro atoms. The van der Waals surface area contributed by atoms with E-state index in [0.29, 0.717) is 11.5 Å². The molecule has 1 amide bonds. The van der Waals surface area contributed by atoms with E-state index in [1.807, 2.05) is 6.92 Å². The largest absolute Gasteiger partial charge is 0.325 e. The molecule has 8 heteroatoms. The minimum atomic E-state index is -0.480. The fourth-order valence-corrected chi connectivity index (χ4v) is 3.05. The zero-order valence-corrected chi connectivity index (χ0v) is 14.5. The number of rotatable bonds is 3. The van der Waals surface area contributed by atoms with Gasteiger partial charge in [-0.15, -0.1) is 0 Å². The first-order chi connectivity index (χ1) is 12.0. The first-order valence-electron chi connectivity index (χ1n) is 8.14. The highest BCUT2D eigenvalue weighted by molar-refractivity contribution is 6.31. The van der Waals surface area contributed by atoms with Crippen LogP contribution in [0.1, 0.15) is 31.4 Å². The van der Waals surface area contributed by atoms with Crippen molar-refractivity contribution in [2.75, 3.05) is 10.6 Å². The zero-order valence-electron chi connectivity index (χ0n) is 13.8. The Kier molecular flexibility index (Phi) is 5.33. The van der Waals surface area contributed by atoms with Crippen molar-refractivity contribution >= 4 is 35.0 Å². The Balaban J connectivity index is 1.83. The second kappa shape index (κ2) is 7.65. The van der Waals surface area contributed by atoms with Gasteiger partial charge < -0.3 is 10.6 Å². The molecule has 3 rings (SSSR count). The summed E-state index contributed by atoms with van der Waals surface area (Å²) in [4.78, 5) is 16.5. The third-order valence-electron chi connectivity index (χ3n) is 4.00. The van der Waals surface area contributed by atoms with Gasteiger partial charge in [-0.2, -0.15) is 10.1 Å². The average molecular weight is 364 g/mol. The van der Waals surface area contributed by atoms with E-state index >= 15 is 0 Å². The maximum atomic E-state index is 13.5. The van der Waals surface area contributed by atoms with E-state index < -0.39 is 5.82 Å². The molecule has 1 aromatic carbocycles. The van der Waals surface area contributed by atoms with Crippen LogP contribution in [0, 0.1) is 18.7 Å². The summed E-state index contributed by atoms with van der Waals surface area (Å²) in [6.45, 7) is 1.86. The van der Waals surface area contributed by atoms with E-state index in [4.69, 9.17) is 11.6 Å². The van der Waals surface area contributed by atoms with Crippen molar-refractivity contribution < 1.29 is 9.18 Å². The third-order valence-corrected chi connectivity index (χ3v) is 4.22. The van der Waals surface area contributed by atoms with Crippen LogP contribution in [-0.4, -0.2) is 22.1 Å². The van der Waals surface area contributed by atoms with Crippen molar-refractivity contribution in [1.82, 2.24) is 10.2 Å². The lowest BCUT2D eigenvalue weighted by Gasteiger charge is -2.12. The number of hydrogen-bond acceptors (Lipinski definition) is 2. The molecule has 132 valence electrons. The number of hydrogen-bond donors (Lipinski definition) is 3. The second-order valence-corrected chi connectivity index (χ2v) is 6.56. The lowest BCUT2D eigenvalue weighted by atomic mass is 10.1. The number of carbonyl (C=O) groups is 1. The van der Waals surface area contributed by atoms with Gasteiger partial charge in [-0.1, -0.05) is 24.4 Å². The van der Waals surface area contributed by atoms with Crippen LogP contribution in [0.2, 0.25) is 5.02 Å². The van der Waals surface area contributed by atoms with Gasteiger partial charge in [-0.05, 0) is 38.0 Å². The number of guanidine groups is 1. The summed E-state index contributed by atoms with van der Waals surface area (Å²) >= 11 is 5.88. The Labute approximate surface area is 149 Å². The molecule has 2 aromatic rings. The molecule has 6 nitrogen and oxygen atoms in total. The number of amides is 1. The normalized spacial score (nSPS) is 15.4. The molecule has 1 aromatic heterocycles. The van der Waals surface area contributed by atoms with Crippen LogP contribution in [0.4, 0.5) is 15.9 Å². The molecular weight excluding hydrogens is 345 g/mol. The summed E-state index contributed by atoms with van der Waals surface area (Å²) in [5.74, 6) is -0.0412. The fraction of sp³-hybridized carbons (Fsp3) is 0.353. The van der Waals surface area contributed by atoms with E-state index in [9.17, 15) is 9.18 Å². The standard InChI is InChI=1S/C17H19ClFN5O/c1-10-6-15(24-23-10)21-17(22-16(25)11-4-2-3-5-11)20-14-8-12(18)7-13(19)9-14/h6-9,11H,2-5H2,1H3,(H3,20,21,22,23,24,25). The van der Waals surface area contributed by atoms with Crippen molar-refractivity contribution in [1.29, 1.82) is 0 Å². The number of carbonyl (C=O) groups excluding carboxylic acids is 1. The number of benzene rings is 1. The number of H-pyrrole nitrogens is 1. The van der Waals surface area contributed by atoms with Crippen LogP contribution in [0.15, 0.2) is 29.3 Å². The van der Waals surface area contributed by atoms with Gasteiger partial charge in [0.15, 0.2) is 5.82 Å². The molecule has 0 atom stereocenters. The Morgan fingerprint density at radius 3 is 2.68 bits per heavy atom. The minimum Gasteiger partial charge on any atom is -0.325 e. The monoisotopic (exact) mass is 363 g/mol. The van der Waals surface area contributed by atoms with E-state index in [1.54, 1.807) is 12.1 Å². The number of aryl methyl sites for hydroxylation is 1. The predicted octanol–water partition coefficient (Wildman–Crippen LogP) is 4.11. The quantitative estimate of drug-likeness (QED) is 0.566. The molecular formula is C17H19ClFN5O. The van der Waals surface area contributed by atoms with Crippen LogP contribution in [-0.2, 0) is 4.79 Å². The van der Waals surface area contributed by atoms with Gasteiger partial charge in [-0.25, -0.2) is 4.39 Å². The van der Waals surface area contributed by atoms with Gasteiger partial charge in [-0.3, -0.25) is 9.89 Å². The number of aromatic amines is 1. The van der Waals surface area contributed by atoms with Crippen LogP contribution < -0.4 is 10.6 Å². The van der Waals surface area contributed by atoms with E-state index in [1.165, 1.54) is 12.1 Å². The number of nitrogens with one attached hydrogen (secondary N) is 3. The molecule has 3 N–H and O–H groups in total. The maximum absolute atomic E-state index is 13.5. The zero-order chi connectivity index (χ0) is 17.8. The summed E-state index contributed by atoms with van der Waals surface area (Å²) in [5, 5.41) is 13.0. The number of aromatic nitrogens is 2. The second-order valence-electron chi connectivity index (χ2n) is 6.12. The van der Waals surface area contributed by atoms with Crippen molar-refractivity contribution in [2.45, 2.75) is 32.6 Å². The Hall–Kier alpha value is -2.41. The minimum absolute atomic E-state index is 0.0596. The van der Waals surface area contributed by atoms with Crippen molar-refractivity contribution in [3.63, 3.8) is 0 Å². The molecule has 1 aliphatic carbocycles. The number of anilines is 2. The number of nitrogens with zero attached hydrogens (tertiary/aromatic N) is 2. The topological polar surface area (TPSA) is 82.2 Å². The average Bonchev–Trinajstić information content (AvgIpc) is 3.18. The summed E-state index contributed by atoms with van der Waals surface area (Å²) in [5.41, 5.74) is 1.25. The maximum Gasteiger partial charge on any atom is 0.251 e. The molecule has 0 unspecified atom stereocenters. The summed E-state index contributed by atoms with van der Waals surface area (Å²) in [6.07, 6.45) is 3.78. The molecule has 0 bridgehead atoms. The molecule has 0 aliphatic heterocycles. The van der Waals surface area contributed by atoms with E-state index in [-0.39, 0.29) is 22.8 Å². The summed E-state index contributed by atoms with van der Waals surface area (Å²) in [6, 6.07) is 5.81. The van der Waals surface area contributed by atoms with Gasteiger partial charge >= 0.3 is 0 Å². The van der Waals surface area contributed by atoms with Gasteiger partial charge in [0.05, 0.1) is 0 Å². The van der Waals surface area contributed by atoms with Crippen molar-refractivity contribution in [3.8, 4) is 0 Å². The Morgan fingerprint density at radius 1 is 1.28 bits per heavy atom. The van der Waals surface area contributed by atoms with Crippen LogP contribution >= 0.6 is 11.6 Å². The van der Waals surface area contributed by atoms with Gasteiger partial charge in [0, 0.05) is 28.4 Å². The Morgan fingerprint density at radius 2 is 2.04 bits per heavy atom. The molecule has 1 heterocycles. The lowest BCUT2D eigenvalue weighted by Crippen LogP contribution is -2.25. The van der Waals surface area contributed by atoms with E-state index in [2.05, 4.69) is 25.8 Å². The predicted molar refractivity (Wildman–Crippen MR) is 96.4 cm³/mol. The first kappa shape index (κ1) is 17.4. The van der Waals surface area contributed by atoms with Crippen molar-refractivity contribution in [3.05, 3.63) is 40.8 Å². The molecule has 1 saturated carbocycles. The third kappa shape index (κ3) is 4.79. The smallest absolute Gasteiger partial charge is 0.251 e. The lowest BCUT2D eigenvalue weighted by molar-refractivity contribution is -0.121. The molecule has 1 aliphatic rings. The van der Waals surface area contributed by atoms with E-state index in [0.717, 1.165) is 31.4 Å². The number of halogens is 2. The highest BCUT2D eigenvalue weighted by Crippen LogP contribution is 2.26. The van der Waals surface area contributed by atoms with Gasteiger partial charge in [0.1, 0.15) is 5.82 Å². The van der Waals surface area contributed by atoms with Crippen molar-refractivity contribution in [2.24, 2.45) is 10.9 Å². The first-order valence-corrected chi connectivity index (χ1v) is 8.52. The molecule has 0 saturated heterocycles. The van der Waals surface area contributed by atoms with Crippen LogP contribution in [0.3, 0.4) is 0 Å².